The van der Waals surface area contributed by atoms with Crippen molar-refractivity contribution >= 4 is 11.0 Å². The van der Waals surface area contributed by atoms with E-state index in [2.05, 4.69) is 21.5 Å². The first-order valence-electron chi connectivity index (χ1n) is 3.66. The third-order valence-electron chi connectivity index (χ3n) is 1.76. The van der Waals surface area contributed by atoms with E-state index in [0.29, 0.717) is 0 Å². The van der Waals surface area contributed by atoms with Gasteiger partial charge >= 0.3 is 0 Å². The molecule has 3 heteroatoms. The van der Waals surface area contributed by atoms with Crippen molar-refractivity contribution in [3.05, 3.63) is 24.8 Å². The van der Waals surface area contributed by atoms with Crippen LogP contribution in [-0.4, -0.2) is 14.5 Å². The Balaban J connectivity index is 2.76. The van der Waals surface area contributed by atoms with Gasteiger partial charge in [-0.25, -0.2) is 4.98 Å². The molecule has 0 bridgehead atoms. The molecule has 56 valence electrons. The summed E-state index contributed by atoms with van der Waals surface area (Å²) < 4.78 is 2.07. The summed E-state index contributed by atoms with van der Waals surface area (Å²) >= 11 is 0. The molecule has 0 saturated heterocycles. The highest BCUT2D eigenvalue weighted by Crippen LogP contribution is 2.08. The SMILES string of the molecule is CCn1cnc2ccncc21. The minimum absolute atomic E-state index is 0.947. The molecule has 11 heavy (non-hydrogen) atoms. The first-order chi connectivity index (χ1) is 5.42. The van der Waals surface area contributed by atoms with E-state index in [1.165, 1.54) is 0 Å². The highest BCUT2D eigenvalue weighted by atomic mass is 15.0. The second kappa shape index (κ2) is 2.34. The normalized spacial score (nSPS) is 10.6. The summed E-state index contributed by atoms with van der Waals surface area (Å²) in [6.45, 7) is 3.04. The van der Waals surface area contributed by atoms with Gasteiger partial charge in [-0.15, -0.1) is 0 Å². The summed E-state index contributed by atoms with van der Waals surface area (Å²) in [5.74, 6) is 0. The lowest BCUT2D eigenvalue weighted by atomic mass is 10.4. The Kier molecular flexibility index (Phi) is 1.35. The quantitative estimate of drug-likeness (QED) is 0.611. The van der Waals surface area contributed by atoms with Gasteiger partial charge in [-0.1, -0.05) is 0 Å². The highest BCUT2D eigenvalue weighted by molar-refractivity contribution is 5.73. The number of aryl methyl sites for hydroxylation is 1. The molecule has 0 amide bonds. The van der Waals surface area contributed by atoms with Crippen LogP contribution in [0.25, 0.3) is 11.0 Å². The Morgan fingerprint density at radius 2 is 2.45 bits per heavy atom. The second-order valence-electron chi connectivity index (χ2n) is 2.39. The van der Waals surface area contributed by atoms with E-state index < -0.39 is 0 Å². The molecule has 0 aliphatic carbocycles. The van der Waals surface area contributed by atoms with Gasteiger partial charge in [0, 0.05) is 12.7 Å². The summed E-state index contributed by atoms with van der Waals surface area (Å²) in [4.78, 5) is 8.25. The minimum Gasteiger partial charge on any atom is -0.330 e. The van der Waals surface area contributed by atoms with Gasteiger partial charge in [-0.05, 0) is 13.0 Å². The van der Waals surface area contributed by atoms with Crippen LogP contribution in [0.1, 0.15) is 6.92 Å². The van der Waals surface area contributed by atoms with E-state index in [-0.39, 0.29) is 0 Å². The van der Waals surface area contributed by atoms with Gasteiger partial charge in [0.1, 0.15) is 0 Å². The van der Waals surface area contributed by atoms with E-state index in [0.717, 1.165) is 17.6 Å². The lowest BCUT2D eigenvalue weighted by molar-refractivity contribution is 0.786. The van der Waals surface area contributed by atoms with Crippen LogP contribution < -0.4 is 0 Å². The van der Waals surface area contributed by atoms with Crippen molar-refractivity contribution in [3.8, 4) is 0 Å². The molecular formula is C8H9N3. The van der Waals surface area contributed by atoms with Crippen LogP contribution in [0.4, 0.5) is 0 Å². The molecule has 0 atom stereocenters. The van der Waals surface area contributed by atoms with Crippen LogP contribution in [-0.2, 0) is 6.54 Å². The summed E-state index contributed by atoms with van der Waals surface area (Å²) in [5.41, 5.74) is 2.12. The molecule has 2 aromatic heterocycles. The van der Waals surface area contributed by atoms with Crippen molar-refractivity contribution in [2.24, 2.45) is 0 Å². The molecule has 2 aromatic rings. The van der Waals surface area contributed by atoms with Crippen LogP contribution in [0, 0.1) is 0 Å². The molecule has 0 spiro atoms. The zero-order chi connectivity index (χ0) is 7.68. The second-order valence-corrected chi connectivity index (χ2v) is 2.39. The minimum atomic E-state index is 0.947. The van der Waals surface area contributed by atoms with E-state index in [4.69, 9.17) is 0 Å². The number of hydrogen-bond donors (Lipinski definition) is 0. The summed E-state index contributed by atoms with van der Waals surface area (Å²) in [6.07, 6.45) is 5.44. The van der Waals surface area contributed by atoms with Crippen LogP contribution >= 0.6 is 0 Å². The third-order valence-corrected chi connectivity index (χ3v) is 1.76. The largest absolute Gasteiger partial charge is 0.330 e. The molecule has 0 unspecified atom stereocenters. The lowest BCUT2D eigenvalue weighted by Crippen LogP contribution is -1.90. The van der Waals surface area contributed by atoms with Crippen molar-refractivity contribution in [1.29, 1.82) is 0 Å². The fourth-order valence-electron chi connectivity index (χ4n) is 1.16. The number of aromatic nitrogens is 3. The summed E-state index contributed by atoms with van der Waals surface area (Å²) in [6, 6.07) is 1.92. The van der Waals surface area contributed by atoms with Crippen LogP contribution in [0.15, 0.2) is 24.8 Å². The molecule has 0 radical (unpaired) electrons. The van der Waals surface area contributed by atoms with Crippen molar-refractivity contribution < 1.29 is 0 Å². The van der Waals surface area contributed by atoms with Gasteiger partial charge in [0.05, 0.1) is 23.6 Å². The van der Waals surface area contributed by atoms with E-state index in [1.807, 2.05) is 18.6 Å². The topological polar surface area (TPSA) is 30.7 Å². The summed E-state index contributed by atoms with van der Waals surface area (Å²) in [5, 5.41) is 0. The number of rotatable bonds is 1. The standard InChI is InChI=1S/C8H9N3/c1-2-11-6-10-7-3-4-9-5-8(7)11/h3-6H,2H2,1H3. The van der Waals surface area contributed by atoms with Gasteiger partial charge in [0.25, 0.3) is 0 Å². The number of imidazole rings is 1. The Labute approximate surface area is 64.7 Å². The Bertz CT molecular complexity index is 364. The van der Waals surface area contributed by atoms with Crippen LogP contribution in [0.3, 0.4) is 0 Å². The average molecular weight is 147 g/mol. The molecule has 0 aromatic carbocycles. The van der Waals surface area contributed by atoms with E-state index >= 15 is 0 Å². The number of hydrogen-bond acceptors (Lipinski definition) is 2. The smallest absolute Gasteiger partial charge is 0.0958 e. The predicted octanol–water partition coefficient (Wildman–Crippen LogP) is 1.45. The highest BCUT2D eigenvalue weighted by Gasteiger charge is 1.97. The predicted molar refractivity (Wildman–Crippen MR) is 43.2 cm³/mol. The molecule has 0 N–H and O–H groups in total. The Hall–Kier alpha value is -1.38. The van der Waals surface area contributed by atoms with Crippen LogP contribution in [0.2, 0.25) is 0 Å². The molecule has 0 aliphatic rings. The molecule has 2 rings (SSSR count). The molecule has 0 saturated carbocycles. The lowest BCUT2D eigenvalue weighted by Gasteiger charge is -1.95. The molecule has 0 aliphatic heterocycles. The average Bonchev–Trinajstić information content (AvgIpc) is 2.47. The first kappa shape index (κ1) is 6.34. The summed E-state index contributed by atoms with van der Waals surface area (Å²) in [7, 11) is 0. The van der Waals surface area contributed by atoms with Crippen LogP contribution in [0.5, 0.6) is 0 Å². The van der Waals surface area contributed by atoms with Gasteiger partial charge in [0.2, 0.25) is 0 Å². The number of nitrogens with zero attached hydrogens (tertiary/aromatic N) is 3. The van der Waals surface area contributed by atoms with Gasteiger partial charge in [-0.3, -0.25) is 4.98 Å². The molecule has 3 nitrogen and oxygen atoms in total. The monoisotopic (exact) mass is 147 g/mol. The van der Waals surface area contributed by atoms with Crippen molar-refractivity contribution in [2.45, 2.75) is 13.5 Å². The van der Waals surface area contributed by atoms with Crippen molar-refractivity contribution in [2.75, 3.05) is 0 Å². The zero-order valence-corrected chi connectivity index (χ0v) is 6.36. The van der Waals surface area contributed by atoms with Crippen molar-refractivity contribution in [1.82, 2.24) is 14.5 Å². The molecular weight excluding hydrogens is 138 g/mol. The zero-order valence-electron chi connectivity index (χ0n) is 6.36. The number of pyridine rings is 1. The molecule has 0 fully saturated rings. The van der Waals surface area contributed by atoms with Gasteiger partial charge in [0.15, 0.2) is 0 Å². The van der Waals surface area contributed by atoms with E-state index in [9.17, 15) is 0 Å². The molecule has 2 heterocycles. The van der Waals surface area contributed by atoms with Gasteiger partial charge in [-0.2, -0.15) is 0 Å². The van der Waals surface area contributed by atoms with E-state index in [1.54, 1.807) is 6.20 Å². The first-order valence-corrected chi connectivity index (χ1v) is 3.66. The third kappa shape index (κ3) is 0.888. The fourth-order valence-corrected chi connectivity index (χ4v) is 1.16. The number of fused-ring (bicyclic) bond motifs is 1. The fraction of sp³-hybridized carbons (Fsp3) is 0.250. The Morgan fingerprint density at radius 3 is 3.27 bits per heavy atom. The maximum atomic E-state index is 4.21. The maximum absolute atomic E-state index is 4.21. The Morgan fingerprint density at radius 1 is 1.55 bits per heavy atom. The van der Waals surface area contributed by atoms with Gasteiger partial charge < -0.3 is 4.57 Å². The van der Waals surface area contributed by atoms with Crippen molar-refractivity contribution in [3.63, 3.8) is 0 Å². The maximum Gasteiger partial charge on any atom is 0.0958 e.